The third-order valence-electron chi connectivity index (χ3n) is 7.37. The highest BCUT2D eigenvalue weighted by Crippen LogP contribution is 2.30. The van der Waals surface area contributed by atoms with Gasteiger partial charge in [0.25, 0.3) is 5.91 Å². The summed E-state index contributed by atoms with van der Waals surface area (Å²) in [5.74, 6) is 0.272. The van der Waals surface area contributed by atoms with E-state index in [0.717, 1.165) is 48.7 Å². The fourth-order valence-electron chi connectivity index (χ4n) is 5.02. The van der Waals surface area contributed by atoms with Gasteiger partial charge in [0, 0.05) is 38.1 Å². The van der Waals surface area contributed by atoms with Crippen LogP contribution in [0.4, 0.5) is 11.6 Å². The van der Waals surface area contributed by atoms with Crippen LogP contribution >= 0.6 is 0 Å². The summed E-state index contributed by atoms with van der Waals surface area (Å²) in [5, 5.41) is 19.0. The second-order valence-electron chi connectivity index (χ2n) is 11.4. The third-order valence-corrected chi connectivity index (χ3v) is 7.37. The largest absolute Gasteiger partial charge is 0.378 e. The molecule has 6 rings (SSSR count). The number of carbonyl (C=O) groups excluding carboxylic acids is 1. The zero-order valence-corrected chi connectivity index (χ0v) is 23.2. The number of aryl methyl sites for hydroxylation is 1. The van der Waals surface area contributed by atoms with E-state index < -0.39 is 0 Å². The molecule has 0 radical (unpaired) electrons. The molecule has 1 aromatic carbocycles. The Kier molecular flexibility index (Phi) is 6.80. The van der Waals surface area contributed by atoms with Gasteiger partial charge in [-0.25, -0.2) is 14.6 Å². The Morgan fingerprint density at radius 1 is 1.15 bits per heavy atom. The molecular weight excluding hydrogens is 508 g/mol. The van der Waals surface area contributed by atoms with Crippen molar-refractivity contribution < 1.29 is 9.53 Å². The smallest absolute Gasteiger partial charge is 0.273 e. The van der Waals surface area contributed by atoms with E-state index in [4.69, 9.17) is 9.72 Å². The van der Waals surface area contributed by atoms with Crippen LogP contribution in [0.1, 0.15) is 48.4 Å². The van der Waals surface area contributed by atoms with E-state index in [-0.39, 0.29) is 17.5 Å². The van der Waals surface area contributed by atoms with Gasteiger partial charge in [0.2, 0.25) is 5.95 Å². The SMILES string of the molecule is Cn1cc(Nc2nccc(-c3ccc4c(c3)CCN(C3COC3)CC4NC(=O)c3cn(C(C)(C)C)nn3)n2)cn1. The van der Waals surface area contributed by atoms with Crippen LogP contribution in [0.15, 0.2) is 49.1 Å². The van der Waals surface area contributed by atoms with Crippen LogP contribution in [0.25, 0.3) is 11.3 Å². The molecule has 5 heterocycles. The number of anilines is 2. The predicted molar refractivity (Wildman–Crippen MR) is 149 cm³/mol. The van der Waals surface area contributed by atoms with Crippen LogP contribution in [-0.4, -0.2) is 77.9 Å². The molecule has 2 aliphatic heterocycles. The summed E-state index contributed by atoms with van der Waals surface area (Å²) < 4.78 is 8.92. The Hall–Kier alpha value is -4.16. The van der Waals surface area contributed by atoms with Gasteiger partial charge in [0.1, 0.15) is 0 Å². The van der Waals surface area contributed by atoms with Gasteiger partial charge in [-0.3, -0.25) is 14.4 Å². The normalized spacial score (nSPS) is 18.1. The number of benzene rings is 1. The molecule has 0 spiro atoms. The van der Waals surface area contributed by atoms with Crippen molar-refractivity contribution in [3.63, 3.8) is 0 Å². The second kappa shape index (κ2) is 10.4. The van der Waals surface area contributed by atoms with Crippen LogP contribution in [0, 0.1) is 0 Å². The Morgan fingerprint density at radius 2 is 2.00 bits per heavy atom. The molecule has 1 fully saturated rings. The van der Waals surface area contributed by atoms with Crippen LogP contribution in [0.5, 0.6) is 0 Å². The van der Waals surface area contributed by atoms with E-state index in [0.29, 0.717) is 24.2 Å². The van der Waals surface area contributed by atoms with Crippen molar-refractivity contribution in [3.05, 3.63) is 65.9 Å². The summed E-state index contributed by atoms with van der Waals surface area (Å²) in [6, 6.07) is 8.42. The van der Waals surface area contributed by atoms with Gasteiger partial charge in [-0.1, -0.05) is 17.3 Å². The number of rotatable bonds is 6. The van der Waals surface area contributed by atoms with Gasteiger partial charge >= 0.3 is 0 Å². The molecule has 12 heteroatoms. The highest BCUT2D eigenvalue weighted by molar-refractivity contribution is 5.92. The van der Waals surface area contributed by atoms with Crippen molar-refractivity contribution in [2.45, 2.75) is 44.8 Å². The first-order valence-corrected chi connectivity index (χ1v) is 13.5. The highest BCUT2D eigenvalue weighted by atomic mass is 16.5. The number of carbonyl (C=O) groups is 1. The van der Waals surface area contributed by atoms with Gasteiger partial charge in [0.05, 0.1) is 54.6 Å². The molecule has 0 bridgehead atoms. The Labute approximate surface area is 232 Å². The average Bonchev–Trinajstić information content (AvgIpc) is 3.51. The van der Waals surface area contributed by atoms with E-state index in [1.54, 1.807) is 28.0 Å². The lowest BCUT2D eigenvalue weighted by Gasteiger charge is -2.38. The number of aromatic nitrogens is 7. The topological polar surface area (TPSA) is 128 Å². The highest BCUT2D eigenvalue weighted by Gasteiger charge is 2.33. The number of hydrogen-bond acceptors (Lipinski definition) is 9. The molecular formula is C28H34N10O2. The standard InChI is InChI=1S/C28H34N10O2/c1-28(2,3)38-15-25(34-35-38)26(39)32-24-14-37(21-16-40-17-21)10-8-18-11-19(5-6-22(18)24)23-7-9-29-27(33-23)31-20-12-30-36(4)13-20/h5-7,9,11-13,15,21,24H,8,10,14,16-17H2,1-4H3,(H,32,39)(H,29,31,33). The van der Waals surface area contributed by atoms with Crippen molar-refractivity contribution >= 4 is 17.5 Å². The van der Waals surface area contributed by atoms with Crippen molar-refractivity contribution in [3.8, 4) is 11.3 Å². The number of amides is 1. The maximum atomic E-state index is 13.3. The van der Waals surface area contributed by atoms with E-state index in [2.05, 4.69) is 54.1 Å². The van der Waals surface area contributed by atoms with E-state index in [9.17, 15) is 4.79 Å². The molecule has 1 amide bonds. The zero-order valence-electron chi connectivity index (χ0n) is 23.2. The van der Waals surface area contributed by atoms with Crippen LogP contribution in [-0.2, 0) is 23.7 Å². The van der Waals surface area contributed by atoms with Crippen molar-refractivity contribution in [2.24, 2.45) is 7.05 Å². The molecule has 0 saturated carbocycles. The lowest BCUT2D eigenvalue weighted by atomic mass is 9.96. The summed E-state index contributed by atoms with van der Waals surface area (Å²) in [6.45, 7) is 9.09. The molecule has 40 heavy (non-hydrogen) atoms. The molecule has 0 aliphatic carbocycles. The van der Waals surface area contributed by atoms with Crippen molar-refractivity contribution in [1.29, 1.82) is 0 Å². The van der Waals surface area contributed by atoms with Crippen molar-refractivity contribution in [2.75, 3.05) is 31.6 Å². The number of hydrogen-bond donors (Lipinski definition) is 2. The third kappa shape index (κ3) is 5.45. The van der Waals surface area contributed by atoms with E-state index >= 15 is 0 Å². The molecule has 3 aromatic heterocycles. The molecule has 1 atom stereocenters. The zero-order chi connectivity index (χ0) is 27.9. The summed E-state index contributed by atoms with van der Waals surface area (Å²) in [6.07, 6.45) is 7.92. The molecule has 208 valence electrons. The maximum Gasteiger partial charge on any atom is 0.273 e. The number of fused-ring (bicyclic) bond motifs is 1. The van der Waals surface area contributed by atoms with Gasteiger partial charge in [-0.15, -0.1) is 5.10 Å². The first kappa shape index (κ1) is 26.1. The molecule has 2 N–H and O–H groups in total. The van der Waals surface area contributed by atoms with Gasteiger partial charge in [-0.05, 0) is 50.5 Å². The monoisotopic (exact) mass is 542 g/mol. The summed E-state index contributed by atoms with van der Waals surface area (Å²) >= 11 is 0. The fourth-order valence-corrected chi connectivity index (χ4v) is 5.02. The first-order chi connectivity index (χ1) is 19.2. The summed E-state index contributed by atoms with van der Waals surface area (Å²) in [4.78, 5) is 24.8. The lowest BCUT2D eigenvalue weighted by Crippen LogP contribution is -2.51. The van der Waals surface area contributed by atoms with E-state index in [1.807, 2.05) is 40.1 Å². The van der Waals surface area contributed by atoms with E-state index in [1.165, 1.54) is 5.56 Å². The summed E-state index contributed by atoms with van der Waals surface area (Å²) in [7, 11) is 1.86. The lowest BCUT2D eigenvalue weighted by molar-refractivity contribution is -0.0658. The van der Waals surface area contributed by atoms with Gasteiger partial charge in [0.15, 0.2) is 5.69 Å². The van der Waals surface area contributed by atoms with Gasteiger partial charge < -0.3 is 15.4 Å². The number of nitrogens with one attached hydrogen (secondary N) is 2. The number of ether oxygens (including phenoxy) is 1. The average molecular weight is 543 g/mol. The fraction of sp³-hybridized carbons (Fsp3) is 0.429. The minimum atomic E-state index is -0.258. The molecule has 1 unspecified atom stereocenters. The van der Waals surface area contributed by atoms with Crippen LogP contribution < -0.4 is 10.6 Å². The Bertz CT molecular complexity index is 1520. The van der Waals surface area contributed by atoms with Crippen molar-refractivity contribution in [1.82, 2.24) is 45.0 Å². The molecule has 4 aromatic rings. The van der Waals surface area contributed by atoms with Crippen LogP contribution in [0.2, 0.25) is 0 Å². The molecule has 1 saturated heterocycles. The van der Waals surface area contributed by atoms with Crippen LogP contribution in [0.3, 0.4) is 0 Å². The Morgan fingerprint density at radius 3 is 2.70 bits per heavy atom. The summed E-state index contributed by atoms with van der Waals surface area (Å²) in [5.41, 5.74) is 4.97. The van der Waals surface area contributed by atoms with Gasteiger partial charge in [-0.2, -0.15) is 5.10 Å². The second-order valence-corrected chi connectivity index (χ2v) is 11.4. The molecule has 2 aliphatic rings. The molecule has 12 nitrogen and oxygen atoms in total. The first-order valence-electron chi connectivity index (χ1n) is 13.5. The minimum absolute atomic E-state index is 0.201. The minimum Gasteiger partial charge on any atom is -0.378 e. The predicted octanol–water partition coefficient (Wildman–Crippen LogP) is 2.70. The quantitative estimate of drug-likeness (QED) is 0.378. The Balaban J connectivity index is 1.27. The number of nitrogens with zero attached hydrogens (tertiary/aromatic N) is 8. The maximum absolute atomic E-state index is 13.3.